The molecule has 1 aliphatic heterocycles. The minimum absolute atomic E-state index is 0.0792. The molecule has 2 nitrogen and oxygen atoms in total. The van der Waals surface area contributed by atoms with Gasteiger partial charge in [-0.15, -0.1) is 0 Å². The van der Waals surface area contributed by atoms with Crippen LogP contribution in [0.1, 0.15) is 6.92 Å². The minimum Gasteiger partial charge on any atom is -0.485 e. The van der Waals surface area contributed by atoms with Crippen LogP contribution in [0, 0.1) is 0 Å². The van der Waals surface area contributed by atoms with Gasteiger partial charge in [0.2, 0.25) is 0 Å². The summed E-state index contributed by atoms with van der Waals surface area (Å²) in [6.45, 7) is 3.85. The lowest BCUT2D eigenvalue weighted by Crippen LogP contribution is -2.61. The first-order chi connectivity index (χ1) is 6.57. The summed E-state index contributed by atoms with van der Waals surface area (Å²) in [5.41, 5.74) is -0.0792. The molecule has 0 aromatic heterocycles. The van der Waals surface area contributed by atoms with E-state index in [-0.39, 0.29) is 5.60 Å². The van der Waals surface area contributed by atoms with Gasteiger partial charge in [0, 0.05) is 22.6 Å². The van der Waals surface area contributed by atoms with Crippen molar-refractivity contribution in [3.8, 4) is 5.75 Å². The molecule has 2 rings (SSSR count). The van der Waals surface area contributed by atoms with E-state index in [2.05, 4.69) is 28.2 Å². The van der Waals surface area contributed by atoms with Crippen LogP contribution in [0.2, 0.25) is 5.02 Å². The zero-order chi connectivity index (χ0) is 10.2. The Hall–Kier alpha value is -0.250. The lowest BCUT2D eigenvalue weighted by molar-refractivity contribution is 0.0348. The average Bonchev–Trinajstić information content (AvgIpc) is 1.99. The quantitative estimate of drug-likeness (QED) is 0.897. The largest absolute Gasteiger partial charge is 0.485 e. The van der Waals surface area contributed by atoms with E-state index in [4.69, 9.17) is 16.3 Å². The van der Waals surface area contributed by atoms with E-state index in [0.29, 0.717) is 5.02 Å². The van der Waals surface area contributed by atoms with Crippen molar-refractivity contribution in [2.45, 2.75) is 12.5 Å². The Labute approximate surface area is 96.7 Å². The van der Waals surface area contributed by atoms with E-state index in [1.165, 1.54) is 0 Å². The van der Waals surface area contributed by atoms with Crippen LogP contribution in [0.3, 0.4) is 0 Å². The third kappa shape index (κ3) is 2.22. The maximum Gasteiger partial charge on any atom is 0.131 e. The fraction of sp³-hybridized carbons (Fsp3) is 0.400. The van der Waals surface area contributed by atoms with Crippen LogP contribution in [-0.4, -0.2) is 18.7 Å². The molecule has 0 spiro atoms. The molecule has 0 saturated carbocycles. The van der Waals surface area contributed by atoms with Crippen LogP contribution in [0.5, 0.6) is 5.75 Å². The normalized spacial score (nSPS) is 18.8. The predicted octanol–water partition coefficient (Wildman–Crippen LogP) is 2.84. The number of rotatable bonds is 2. The second-order valence-corrected chi connectivity index (χ2v) is 5.11. The van der Waals surface area contributed by atoms with Gasteiger partial charge in [-0.05, 0) is 25.1 Å². The van der Waals surface area contributed by atoms with Gasteiger partial charge in [-0.3, -0.25) is 0 Å². The molecule has 0 radical (unpaired) electrons. The van der Waals surface area contributed by atoms with Gasteiger partial charge in [0.05, 0.1) is 0 Å². The molecule has 1 heterocycles. The van der Waals surface area contributed by atoms with Crippen LogP contribution in [0.25, 0.3) is 0 Å². The summed E-state index contributed by atoms with van der Waals surface area (Å²) in [4.78, 5) is 0. The highest BCUT2D eigenvalue weighted by Gasteiger charge is 2.33. The minimum atomic E-state index is -0.0792. The molecule has 0 aliphatic carbocycles. The number of nitrogens with one attached hydrogen (secondary N) is 1. The molecule has 1 N–H and O–H groups in total. The lowest BCUT2D eigenvalue weighted by atomic mass is 10.00. The summed E-state index contributed by atoms with van der Waals surface area (Å²) < 4.78 is 6.76. The van der Waals surface area contributed by atoms with E-state index in [9.17, 15) is 0 Å². The summed E-state index contributed by atoms with van der Waals surface area (Å²) in [5, 5.41) is 3.87. The zero-order valence-electron chi connectivity index (χ0n) is 7.81. The molecule has 0 bridgehead atoms. The molecule has 14 heavy (non-hydrogen) atoms. The number of hydrogen-bond acceptors (Lipinski definition) is 2. The Balaban J connectivity index is 2.16. The van der Waals surface area contributed by atoms with Crippen LogP contribution in [-0.2, 0) is 0 Å². The van der Waals surface area contributed by atoms with Crippen molar-refractivity contribution in [3.63, 3.8) is 0 Å². The SMILES string of the molecule is CC1(Oc2cc(Cl)cc(Br)c2)CNC1. The number of ether oxygens (including phenoxy) is 1. The summed E-state index contributed by atoms with van der Waals surface area (Å²) in [6, 6.07) is 5.60. The summed E-state index contributed by atoms with van der Waals surface area (Å²) in [7, 11) is 0. The first-order valence-electron chi connectivity index (χ1n) is 4.43. The van der Waals surface area contributed by atoms with Gasteiger partial charge in [-0.1, -0.05) is 27.5 Å². The lowest BCUT2D eigenvalue weighted by Gasteiger charge is -2.39. The van der Waals surface area contributed by atoms with Gasteiger partial charge in [0.25, 0.3) is 0 Å². The number of hydrogen-bond donors (Lipinski definition) is 1. The molecule has 1 aromatic rings. The van der Waals surface area contributed by atoms with Crippen molar-refractivity contribution in [2.75, 3.05) is 13.1 Å². The van der Waals surface area contributed by atoms with Gasteiger partial charge in [0.1, 0.15) is 11.4 Å². The Kier molecular flexibility index (Phi) is 2.73. The summed E-state index contributed by atoms with van der Waals surface area (Å²) >= 11 is 9.29. The molecule has 1 aliphatic rings. The molecule has 1 aromatic carbocycles. The van der Waals surface area contributed by atoms with E-state index < -0.39 is 0 Å². The Morgan fingerprint density at radius 2 is 2.14 bits per heavy atom. The molecule has 0 amide bonds. The highest BCUT2D eigenvalue weighted by molar-refractivity contribution is 9.10. The third-order valence-electron chi connectivity index (χ3n) is 2.20. The first kappa shape index (κ1) is 10.3. The molecule has 1 fully saturated rings. The second kappa shape index (κ2) is 3.72. The van der Waals surface area contributed by atoms with Crippen molar-refractivity contribution in [2.24, 2.45) is 0 Å². The molecular formula is C10H11BrClNO. The first-order valence-corrected chi connectivity index (χ1v) is 5.60. The Morgan fingerprint density at radius 3 is 2.64 bits per heavy atom. The maximum absolute atomic E-state index is 5.91. The van der Waals surface area contributed by atoms with Crippen molar-refractivity contribution >= 4 is 27.5 Å². The topological polar surface area (TPSA) is 21.3 Å². The summed E-state index contributed by atoms with van der Waals surface area (Å²) in [6.07, 6.45) is 0. The van der Waals surface area contributed by atoms with Crippen LogP contribution in [0.4, 0.5) is 0 Å². The second-order valence-electron chi connectivity index (χ2n) is 3.76. The van der Waals surface area contributed by atoms with Crippen LogP contribution < -0.4 is 10.1 Å². The van der Waals surface area contributed by atoms with E-state index in [1.807, 2.05) is 18.2 Å². The van der Waals surface area contributed by atoms with Gasteiger partial charge in [-0.25, -0.2) is 0 Å². The van der Waals surface area contributed by atoms with Gasteiger partial charge >= 0.3 is 0 Å². The standard InChI is InChI=1S/C10H11BrClNO/c1-10(5-13-6-10)14-9-3-7(11)2-8(12)4-9/h2-4,13H,5-6H2,1H3. The molecule has 0 atom stereocenters. The van der Waals surface area contributed by atoms with Crippen molar-refractivity contribution < 1.29 is 4.74 Å². The Morgan fingerprint density at radius 1 is 1.43 bits per heavy atom. The fourth-order valence-electron chi connectivity index (χ4n) is 1.42. The molecular weight excluding hydrogens is 265 g/mol. The van der Waals surface area contributed by atoms with Crippen molar-refractivity contribution in [3.05, 3.63) is 27.7 Å². The van der Waals surface area contributed by atoms with Gasteiger partial charge < -0.3 is 10.1 Å². The van der Waals surface area contributed by atoms with E-state index >= 15 is 0 Å². The fourth-order valence-corrected chi connectivity index (χ4v) is 2.25. The monoisotopic (exact) mass is 275 g/mol. The zero-order valence-corrected chi connectivity index (χ0v) is 10.2. The predicted molar refractivity (Wildman–Crippen MR) is 61.1 cm³/mol. The molecule has 4 heteroatoms. The highest BCUT2D eigenvalue weighted by atomic mass is 79.9. The maximum atomic E-state index is 5.91. The van der Waals surface area contributed by atoms with Crippen molar-refractivity contribution in [1.82, 2.24) is 5.32 Å². The van der Waals surface area contributed by atoms with Gasteiger partial charge in [-0.2, -0.15) is 0 Å². The number of halogens is 2. The molecule has 76 valence electrons. The molecule has 1 saturated heterocycles. The third-order valence-corrected chi connectivity index (χ3v) is 2.87. The van der Waals surface area contributed by atoms with Crippen LogP contribution >= 0.6 is 27.5 Å². The van der Waals surface area contributed by atoms with E-state index in [1.54, 1.807) is 0 Å². The summed E-state index contributed by atoms with van der Waals surface area (Å²) in [5.74, 6) is 0.813. The Bertz CT molecular complexity index is 332. The molecule has 0 unspecified atom stereocenters. The van der Waals surface area contributed by atoms with Crippen molar-refractivity contribution in [1.29, 1.82) is 0 Å². The van der Waals surface area contributed by atoms with Gasteiger partial charge in [0.15, 0.2) is 0 Å². The number of benzene rings is 1. The highest BCUT2D eigenvalue weighted by Crippen LogP contribution is 2.28. The smallest absolute Gasteiger partial charge is 0.131 e. The van der Waals surface area contributed by atoms with E-state index in [0.717, 1.165) is 23.3 Å². The van der Waals surface area contributed by atoms with Crippen LogP contribution in [0.15, 0.2) is 22.7 Å². The average molecular weight is 277 g/mol.